The van der Waals surface area contributed by atoms with Crippen molar-refractivity contribution in [2.45, 2.75) is 78.1 Å². The van der Waals surface area contributed by atoms with Crippen LogP contribution in [-0.2, 0) is 4.74 Å². The molecule has 0 spiro atoms. The van der Waals surface area contributed by atoms with Crippen molar-refractivity contribution in [3.05, 3.63) is 23.7 Å². The SMILES string of the molecule is CC=C(CC1CCCC1)OC(=CC)CC1CCCC1. The van der Waals surface area contributed by atoms with Gasteiger partial charge in [0.15, 0.2) is 0 Å². The predicted molar refractivity (Wildman–Crippen MR) is 81.7 cm³/mol. The highest BCUT2D eigenvalue weighted by atomic mass is 16.5. The van der Waals surface area contributed by atoms with E-state index in [0.717, 1.165) is 24.7 Å². The Balaban J connectivity index is 1.81. The predicted octanol–water partition coefficient (Wildman–Crippen LogP) is 5.97. The van der Waals surface area contributed by atoms with Crippen molar-refractivity contribution in [2.75, 3.05) is 0 Å². The molecule has 0 saturated heterocycles. The molecule has 2 rings (SSSR count). The lowest BCUT2D eigenvalue weighted by Crippen LogP contribution is -2.03. The Labute approximate surface area is 119 Å². The Morgan fingerprint density at radius 2 is 1.16 bits per heavy atom. The number of allylic oxidation sites excluding steroid dienone is 4. The van der Waals surface area contributed by atoms with Gasteiger partial charge in [-0.05, 0) is 37.8 Å². The highest BCUT2D eigenvalue weighted by Gasteiger charge is 2.20. The average Bonchev–Trinajstić information content (AvgIpc) is 3.10. The van der Waals surface area contributed by atoms with E-state index in [9.17, 15) is 0 Å². The normalized spacial score (nSPS) is 23.3. The minimum absolute atomic E-state index is 0.871. The first-order chi connectivity index (χ1) is 9.31. The summed E-state index contributed by atoms with van der Waals surface area (Å²) in [5.74, 6) is 4.16. The van der Waals surface area contributed by atoms with Gasteiger partial charge < -0.3 is 4.74 Å². The molecule has 0 aromatic heterocycles. The fraction of sp³-hybridized carbons (Fsp3) is 0.778. The van der Waals surface area contributed by atoms with Gasteiger partial charge in [-0.15, -0.1) is 0 Å². The molecular formula is C18H30O. The summed E-state index contributed by atoms with van der Waals surface area (Å²) in [6.45, 7) is 4.24. The van der Waals surface area contributed by atoms with E-state index in [1.54, 1.807) is 0 Å². The maximum atomic E-state index is 6.20. The maximum Gasteiger partial charge on any atom is 0.0996 e. The van der Waals surface area contributed by atoms with E-state index < -0.39 is 0 Å². The van der Waals surface area contributed by atoms with Crippen LogP contribution in [0.15, 0.2) is 23.7 Å². The van der Waals surface area contributed by atoms with Crippen LogP contribution in [0.3, 0.4) is 0 Å². The summed E-state index contributed by atoms with van der Waals surface area (Å²) in [5.41, 5.74) is 0. The van der Waals surface area contributed by atoms with Crippen molar-refractivity contribution >= 4 is 0 Å². The fourth-order valence-electron chi connectivity index (χ4n) is 3.60. The van der Waals surface area contributed by atoms with Crippen LogP contribution in [0.4, 0.5) is 0 Å². The number of hydrogen-bond donors (Lipinski definition) is 0. The number of hydrogen-bond acceptors (Lipinski definition) is 1. The van der Waals surface area contributed by atoms with Crippen molar-refractivity contribution in [1.82, 2.24) is 0 Å². The van der Waals surface area contributed by atoms with Gasteiger partial charge in [-0.25, -0.2) is 0 Å². The lowest BCUT2D eigenvalue weighted by molar-refractivity contribution is 0.245. The van der Waals surface area contributed by atoms with Crippen LogP contribution in [0.5, 0.6) is 0 Å². The summed E-state index contributed by atoms with van der Waals surface area (Å²) < 4.78 is 6.20. The van der Waals surface area contributed by atoms with Crippen molar-refractivity contribution in [1.29, 1.82) is 0 Å². The molecule has 0 unspecified atom stereocenters. The third-order valence-electron chi connectivity index (χ3n) is 4.84. The Kier molecular flexibility index (Phi) is 6.00. The lowest BCUT2D eigenvalue weighted by Gasteiger charge is -2.18. The molecule has 0 aromatic rings. The van der Waals surface area contributed by atoms with Gasteiger partial charge in [-0.2, -0.15) is 0 Å². The molecule has 0 amide bonds. The van der Waals surface area contributed by atoms with Crippen molar-refractivity contribution in [3.63, 3.8) is 0 Å². The minimum Gasteiger partial charge on any atom is -0.467 e. The van der Waals surface area contributed by atoms with Crippen molar-refractivity contribution < 1.29 is 4.74 Å². The molecule has 2 aliphatic rings. The zero-order valence-electron chi connectivity index (χ0n) is 12.8. The maximum absolute atomic E-state index is 6.20. The molecular weight excluding hydrogens is 232 g/mol. The second kappa shape index (κ2) is 7.77. The van der Waals surface area contributed by atoms with E-state index in [1.165, 1.54) is 62.9 Å². The highest BCUT2D eigenvalue weighted by Crippen LogP contribution is 2.34. The lowest BCUT2D eigenvalue weighted by atomic mass is 10.0. The standard InChI is InChI=1S/C18H30O/c1-3-17(13-15-9-5-6-10-15)19-18(4-2)14-16-11-7-8-12-16/h3-4,15-16H,5-14H2,1-2H3. The summed E-state index contributed by atoms with van der Waals surface area (Å²) in [4.78, 5) is 0. The molecule has 0 aromatic carbocycles. The molecule has 1 heteroatoms. The van der Waals surface area contributed by atoms with E-state index in [0.29, 0.717) is 0 Å². The van der Waals surface area contributed by atoms with Crippen LogP contribution in [0.2, 0.25) is 0 Å². The van der Waals surface area contributed by atoms with Gasteiger partial charge in [-0.1, -0.05) is 51.4 Å². The fourth-order valence-corrected chi connectivity index (χ4v) is 3.60. The Bertz CT molecular complexity index is 283. The molecule has 0 heterocycles. The number of rotatable bonds is 6. The molecule has 2 aliphatic carbocycles. The molecule has 19 heavy (non-hydrogen) atoms. The van der Waals surface area contributed by atoms with E-state index in [4.69, 9.17) is 4.74 Å². The Morgan fingerprint density at radius 3 is 1.47 bits per heavy atom. The van der Waals surface area contributed by atoms with E-state index in [-0.39, 0.29) is 0 Å². The zero-order chi connectivity index (χ0) is 13.5. The van der Waals surface area contributed by atoms with Crippen LogP contribution in [0.25, 0.3) is 0 Å². The monoisotopic (exact) mass is 262 g/mol. The van der Waals surface area contributed by atoms with Crippen LogP contribution >= 0.6 is 0 Å². The third-order valence-corrected chi connectivity index (χ3v) is 4.84. The smallest absolute Gasteiger partial charge is 0.0996 e. The van der Waals surface area contributed by atoms with Crippen molar-refractivity contribution in [2.24, 2.45) is 11.8 Å². The largest absolute Gasteiger partial charge is 0.467 e. The van der Waals surface area contributed by atoms with E-state index in [2.05, 4.69) is 26.0 Å². The van der Waals surface area contributed by atoms with Crippen molar-refractivity contribution in [3.8, 4) is 0 Å². The Morgan fingerprint density at radius 1 is 0.789 bits per heavy atom. The molecule has 0 N–H and O–H groups in total. The number of ether oxygens (including phenoxy) is 1. The minimum atomic E-state index is 0.871. The van der Waals surface area contributed by atoms with Crippen LogP contribution in [0.1, 0.15) is 78.1 Å². The Hall–Kier alpha value is -0.720. The molecule has 0 aliphatic heterocycles. The van der Waals surface area contributed by atoms with Gasteiger partial charge >= 0.3 is 0 Å². The van der Waals surface area contributed by atoms with Crippen LogP contribution < -0.4 is 0 Å². The topological polar surface area (TPSA) is 9.23 Å². The van der Waals surface area contributed by atoms with Gasteiger partial charge in [0.2, 0.25) is 0 Å². The zero-order valence-corrected chi connectivity index (χ0v) is 12.8. The summed E-state index contributed by atoms with van der Waals surface area (Å²) >= 11 is 0. The molecule has 2 saturated carbocycles. The average molecular weight is 262 g/mol. The first kappa shape index (κ1) is 14.7. The molecule has 2 fully saturated rings. The first-order valence-electron chi connectivity index (χ1n) is 8.30. The van der Waals surface area contributed by atoms with Gasteiger partial charge in [0.1, 0.15) is 0 Å². The first-order valence-corrected chi connectivity index (χ1v) is 8.30. The van der Waals surface area contributed by atoms with E-state index in [1.807, 2.05) is 0 Å². The second-order valence-corrected chi connectivity index (χ2v) is 6.32. The van der Waals surface area contributed by atoms with Crippen LogP contribution in [-0.4, -0.2) is 0 Å². The third kappa shape index (κ3) is 4.71. The molecule has 0 radical (unpaired) electrons. The quantitative estimate of drug-likeness (QED) is 0.536. The van der Waals surface area contributed by atoms with Crippen LogP contribution in [0, 0.1) is 11.8 Å². The van der Waals surface area contributed by atoms with Gasteiger partial charge in [0, 0.05) is 12.8 Å². The molecule has 0 atom stereocenters. The molecule has 0 bridgehead atoms. The highest BCUT2D eigenvalue weighted by molar-refractivity contribution is 5.03. The molecule has 1 nitrogen and oxygen atoms in total. The van der Waals surface area contributed by atoms with Gasteiger partial charge in [-0.3, -0.25) is 0 Å². The summed E-state index contributed by atoms with van der Waals surface area (Å²) in [6.07, 6.45) is 17.9. The summed E-state index contributed by atoms with van der Waals surface area (Å²) in [5, 5.41) is 0. The second-order valence-electron chi connectivity index (χ2n) is 6.32. The van der Waals surface area contributed by atoms with Gasteiger partial charge in [0.25, 0.3) is 0 Å². The van der Waals surface area contributed by atoms with Gasteiger partial charge in [0.05, 0.1) is 11.5 Å². The summed E-state index contributed by atoms with van der Waals surface area (Å²) in [7, 11) is 0. The summed E-state index contributed by atoms with van der Waals surface area (Å²) in [6, 6.07) is 0. The molecule has 108 valence electrons. The van der Waals surface area contributed by atoms with E-state index >= 15 is 0 Å².